The third-order valence-electron chi connectivity index (χ3n) is 7.21. The molecular formula is C33H28N2O5. The summed E-state index contributed by atoms with van der Waals surface area (Å²) in [5, 5.41) is 0.465. The zero-order valence-electron chi connectivity index (χ0n) is 22.5. The molecule has 3 aromatic carbocycles. The summed E-state index contributed by atoms with van der Waals surface area (Å²) in [6.07, 6.45) is 3.40. The van der Waals surface area contributed by atoms with Crippen molar-refractivity contribution in [3.8, 4) is 11.5 Å². The number of nitrogens with zero attached hydrogens (tertiary/aromatic N) is 2. The van der Waals surface area contributed by atoms with E-state index in [9.17, 15) is 9.59 Å². The van der Waals surface area contributed by atoms with Gasteiger partial charge in [0, 0.05) is 18.9 Å². The third kappa shape index (κ3) is 4.49. The van der Waals surface area contributed by atoms with Crippen molar-refractivity contribution in [1.82, 2.24) is 9.88 Å². The summed E-state index contributed by atoms with van der Waals surface area (Å²) in [6.45, 7) is 4.45. The van der Waals surface area contributed by atoms with Crippen molar-refractivity contribution in [2.24, 2.45) is 0 Å². The zero-order chi connectivity index (χ0) is 27.8. The molecule has 1 unspecified atom stereocenters. The number of ether oxygens (including phenoxy) is 2. The Morgan fingerprint density at radius 3 is 2.48 bits per heavy atom. The monoisotopic (exact) mass is 532 g/mol. The largest absolute Gasteiger partial charge is 0.493 e. The Hall–Kier alpha value is -4.91. The molecule has 6 rings (SSSR count). The minimum absolute atomic E-state index is 0.0710. The van der Waals surface area contributed by atoms with Crippen LogP contribution in [0, 0.1) is 13.8 Å². The van der Waals surface area contributed by atoms with Crippen LogP contribution in [0.4, 0.5) is 0 Å². The van der Waals surface area contributed by atoms with Gasteiger partial charge in [-0.2, -0.15) is 0 Å². The van der Waals surface area contributed by atoms with Crippen molar-refractivity contribution in [3.05, 3.63) is 135 Å². The van der Waals surface area contributed by atoms with Gasteiger partial charge in [0.05, 0.1) is 24.1 Å². The minimum atomic E-state index is -0.679. The van der Waals surface area contributed by atoms with Crippen molar-refractivity contribution >= 4 is 16.9 Å². The third-order valence-corrected chi connectivity index (χ3v) is 7.21. The Morgan fingerprint density at radius 2 is 1.73 bits per heavy atom. The van der Waals surface area contributed by atoms with Gasteiger partial charge in [0.15, 0.2) is 16.9 Å². The molecule has 3 heterocycles. The Balaban J connectivity index is 1.47. The Morgan fingerprint density at radius 1 is 0.925 bits per heavy atom. The van der Waals surface area contributed by atoms with Crippen LogP contribution in [0.2, 0.25) is 0 Å². The van der Waals surface area contributed by atoms with Crippen molar-refractivity contribution < 1.29 is 18.7 Å². The number of rotatable bonds is 7. The van der Waals surface area contributed by atoms with Crippen LogP contribution in [-0.2, 0) is 13.2 Å². The lowest BCUT2D eigenvalue weighted by Crippen LogP contribution is -2.29. The van der Waals surface area contributed by atoms with Gasteiger partial charge in [0.1, 0.15) is 12.2 Å². The molecule has 0 spiro atoms. The molecule has 5 aromatic rings. The fourth-order valence-corrected chi connectivity index (χ4v) is 5.38. The SMILES string of the molecule is COc1cc(C2c3c(oc4c(C)cc(C)cc4c3=O)C(=O)N2Cc2cccnc2)ccc1OCc1ccccc1. The van der Waals surface area contributed by atoms with Crippen molar-refractivity contribution in [3.63, 3.8) is 0 Å². The summed E-state index contributed by atoms with van der Waals surface area (Å²) in [7, 11) is 1.57. The van der Waals surface area contributed by atoms with Gasteiger partial charge in [0.25, 0.3) is 5.91 Å². The number of carbonyl (C=O) groups is 1. The quantitative estimate of drug-likeness (QED) is 0.251. The molecule has 0 fully saturated rings. The summed E-state index contributed by atoms with van der Waals surface area (Å²) in [5.74, 6) is 0.802. The number of fused-ring (bicyclic) bond motifs is 2. The average Bonchev–Trinajstić information content (AvgIpc) is 3.24. The van der Waals surface area contributed by atoms with E-state index in [-0.39, 0.29) is 23.6 Å². The predicted octanol–water partition coefficient (Wildman–Crippen LogP) is 6.14. The van der Waals surface area contributed by atoms with Crippen LogP contribution in [0.1, 0.15) is 50.0 Å². The number of aryl methyl sites for hydroxylation is 2. The Kier molecular flexibility index (Phi) is 6.56. The van der Waals surface area contributed by atoms with Crippen LogP contribution in [0.15, 0.2) is 94.4 Å². The van der Waals surface area contributed by atoms with Gasteiger partial charge in [0.2, 0.25) is 5.76 Å². The second-order valence-corrected chi connectivity index (χ2v) is 10.0. The highest BCUT2D eigenvalue weighted by molar-refractivity contribution is 5.99. The van der Waals surface area contributed by atoms with Crippen molar-refractivity contribution in [2.75, 3.05) is 7.11 Å². The molecule has 0 radical (unpaired) electrons. The molecule has 7 heteroatoms. The molecule has 2 aromatic heterocycles. The standard InChI is InChI=1S/C33H28N2O5/c1-20-14-21(2)31-25(15-20)30(36)28-29(35(33(37)32(28)40-31)18-23-10-7-13-34-17-23)24-11-12-26(27(16-24)38-3)39-19-22-8-5-4-6-9-22/h4-17,29H,18-19H2,1-3H3. The van der Waals surface area contributed by atoms with Crippen LogP contribution < -0.4 is 14.9 Å². The molecule has 0 N–H and O–H groups in total. The van der Waals surface area contributed by atoms with Gasteiger partial charge in [-0.1, -0.05) is 48.5 Å². The van der Waals surface area contributed by atoms with E-state index in [1.54, 1.807) is 24.4 Å². The van der Waals surface area contributed by atoms with Gasteiger partial charge < -0.3 is 18.8 Å². The Bertz CT molecular complexity index is 1780. The van der Waals surface area contributed by atoms with Crippen LogP contribution in [0.25, 0.3) is 11.0 Å². The number of pyridine rings is 1. The molecule has 0 saturated heterocycles. The van der Waals surface area contributed by atoms with Crippen molar-refractivity contribution in [2.45, 2.75) is 33.0 Å². The van der Waals surface area contributed by atoms with Gasteiger partial charge in [-0.3, -0.25) is 14.6 Å². The van der Waals surface area contributed by atoms with E-state index in [1.165, 1.54) is 0 Å². The molecule has 200 valence electrons. The second kappa shape index (κ2) is 10.3. The van der Waals surface area contributed by atoms with Crippen LogP contribution in [0.3, 0.4) is 0 Å². The van der Waals surface area contributed by atoms with Gasteiger partial charge in [-0.05, 0) is 65.9 Å². The highest BCUT2D eigenvalue weighted by Crippen LogP contribution is 2.42. The molecule has 1 aliphatic heterocycles. The first kappa shape index (κ1) is 25.4. The molecule has 0 saturated carbocycles. The molecule has 0 bridgehead atoms. The lowest BCUT2D eigenvalue weighted by Gasteiger charge is -2.26. The highest BCUT2D eigenvalue weighted by Gasteiger charge is 2.43. The van der Waals surface area contributed by atoms with Crippen molar-refractivity contribution in [1.29, 1.82) is 0 Å². The lowest BCUT2D eigenvalue weighted by molar-refractivity contribution is 0.0714. The van der Waals surface area contributed by atoms with E-state index in [0.29, 0.717) is 34.6 Å². The maximum absolute atomic E-state index is 14.0. The summed E-state index contributed by atoms with van der Waals surface area (Å²) in [5.41, 5.74) is 4.90. The maximum Gasteiger partial charge on any atom is 0.291 e. The lowest BCUT2D eigenvalue weighted by atomic mass is 9.97. The van der Waals surface area contributed by atoms with Crippen LogP contribution >= 0.6 is 0 Å². The first-order valence-corrected chi connectivity index (χ1v) is 13.1. The van der Waals surface area contributed by atoms with Gasteiger partial charge >= 0.3 is 0 Å². The van der Waals surface area contributed by atoms with E-state index < -0.39 is 6.04 Å². The molecule has 7 nitrogen and oxygen atoms in total. The molecule has 40 heavy (non-hydrogen) atoms. The fraction of sp³-hybridized carbons (Fsp3) is 0.182. The highest BCUT2D eigenvalue weighted by atomic mass is 16.5. The molecule has 1 aliphatic rings. The first-order chi connectivity index (χ1) is 19.4. The number of hydrogen-bond acceptors (Lipinski definition) is 6. The molecule has 1 atom stereocenters. The van der Waals surface area contributed by atoms with E-state index >= 15 is 0 Å². The number of benzene rings is 3. The molecule has 0 aliphatic carbocycles. The average molecular weight is 533 g/mol. The minimum Gasteiger partial charge on any atom is -0.493 e. The summed E-state index contributed by atoms with van der Waals surface area (Å²) >= 11 is 0. The fourth-order valence-electron chi connectivity index (χ4n) is 5.38. The number of amides is 1. The van der Waals surface area contributed by atoms with E-state index in [2.05, 4.69) is 4.98 Å². The van der Waals surface area contributed by atoms with E-state index in [0.717, 1.165) is 27.8 Å². The van der Waals surface area contributed by atoms with E-state index in [4.69, 9.17) is 13.9 Å². The Labute approximate surface area is 231 Å². The molecule has 1 amide bonds. The van der Waals surface area contributed by atoms with Crippen LogP contribution in [0.5, 0.6) is 11.5 Å². The van der Waals surface area contributed by atoms with E-state index in [1.807, 2.05) is 86.6 Å². The summed E-state index contributed by atoms with van der Waals surface area (Å²) in [6, 6.07) is 22.2. The van der Waals surface area contributed by atoms with Crippen LogP contribution in [-0.4, -0.2) is 22.9 Å². The summed E-state index contributed by atoms with van der Waals surface area (Å²) < 4.78 is 18.0. The normalized spacial score (nSPS) is 14.4. The van der Waals surface area contributed by atoms with Gasteiger partial charge in [-0.15, -0.1) is 0 Å². The zero-order valence-corrected chi connectivity index (χ0v) is 22.5. The topological polar surface area (TPSA) is 81.9 Å². The molecular weight excluding hydrogens is 504 g/mol. The number of hydrogen-bond donors (Lipinski definition) is 0. The number of aromatic nitrogens is 1. The first-order valence-electron chi connectivity index (χ1n) is 13.1. The maximum atomic E-state index is 14.0. The van der Waals surface area contributed by atoms with Gasteiger partial charge in [-0.25, -0.2) is 0 Å². The predicted molar refractivity (Wildman–Crippen MR) is 152 cm³/mol. The second-order valence-electron chi connectivity index (χ2n) is 10.0. The smallest absolute Gasteiger partial charge is 0.291 e. The summed E-state index contributed by atoms with van der Waals surface area (Å²) in [4.78, 5) is 33.7. The number of methoxy groups -OCH3 is 1. The number of carbonyl (C=O) groups excluding carboxylic acids is 1.